The monoisotopic (exact) mass is 291 g/mol. The quantitative estimate of drug-likeness (QED) is 0.814. The van der Waals surface area contributed by atoms with E-state index in [0.29, 0.717) is 5.92 Å². The van der Waals surface area contributed by atoms with E-state index in [4.69, 9.17) is 0 Å². The fraction of sp³-hybridized carbons (Fsp3) is 0.308. The van der Waals surface area contributed by atoms with Crippen LogP contribution in [0, 0.1) is 0 Å². The summed E-state index contributed by atoms with van der Waals surface area (Å²) in [6.07, 6.45) is 2.54. The first-order valence-electron chi connectivity index (χ1n) is 5.58. The van der Waals surface area contributed by atoms with Crippen LogP contribution in [0.1, 0.15) is 37.0 Å². The molecule has 0 aliphatic rings. The van der Waals surface area contributed by atoms with Gasteiger partial charge in [-0.15, -0.1) is 0 Å². The van der Waals surface area contributed by atoms with E-state index in [-0.39, 0.29) is 0 Å². The maximum Gasteiger partial charge on any atom is 0.132 e. The van der Waals surface area contributed by atoms with Gasteiger partial charge in [0.2, 0.25) is 0 Å². The smallest absolute Gasteiger partial charge is 0.132 e. The van der Waals surface area contributed by atoms with Crippen molar-refractivity contribution in [1.82, 2.24) is 15.0 Å². The molecular weight excluding hydrogens is 278 g/mol. The minimum absolute atomic E-state index is 0.329. The van der Waals surface area contributed by atoms with Gasteiger partial charge in [0.15, 0.2) is 0 Å². The van der Waals surface area contributed by atoms with E-state index in [9.17, 15) is 0 Å². The molecule has 0 unspecified atom stereocenters. The standard InChI is InChI=1S/C13H14BrN3/c1-9(2)13-16-11(8-12(14)17-13)7-10-5-3-4-6-15-10/h3-6,8-9H,7H2,1-2H3. The summed E-state index contributed by atoms with van der Waals surface area (Å²) < 4.78 is 0.835. The van der Waals surface area contributed by atoms with Gasteiger partial charge < -0.3 is 0 Å². The molecule has 3 nitrogen and oxygen atoms in total. The molecule has 0 aliphatic carbocycles. The van der Waals surface area contributed by atoms with E-state index < -0.39 is 0 Å². The molecular formula is C13H14BrN3. The van der Waals surface area contributed by atoms with Gasteiger partial charge in [0, 0.05) is 24.2 Å². The maximum atomic E-state index is 4.55. The highest BCUT2D eigenvalue weighted by Gasteiger charge is 2.07. The minimum Gasteiger partial charge on any atom is -0.261 e. The zero-order chi connectivity index (χ0) is 12.3. The van der Waals surface area contributed by atoms with Crippen molar-refractivity contribution in [3.05, 3.63) is 52.3 Å². The van der Waals surface area contributed by atoms with Crippen molar-refractivity contribution in [2.75, 3.05) is 0 Å². The zero-order valence-electron chi connectivity index (χ0n) is 9.89. The van der Waals surface area contributed by atoms with Crippen LogP contribution in [0.5, 0.6) is 0 Å². The molecule has 2 aromatic rings. The van der Waals surface area contributed by atoms with E-state index in [0.717, 1.165) is 28.2 Å². The number of halogens is 1. The van der Waals surface area contributed by atoms with E-state index in [2.05, 4.69) is 44.7 Å². The Morgan fingerprint density at radius 3 is 2.65 bits per heavy atom. The minimum atomic E-state index is 0.329. The van der Waals surface area contributed by atoms with Crippen LogP contribution in [-0.2, 0) is 6.42 Å². The summed E-state index contributed by atoms with van der Waals surface area (Å²) in [4.78, 5) is 13.2. The number of rotatable bonds is 3. The van der Waals surface area contributed by atoms with Crippen LogP contribution in [0.25, 0.3) is 0 Å². The largest absolute Gasteiger partial charge is 0.261 e. The molecule has 0 amide bonds. The van der Waals surface area contributed by atoms with Crippen LogP contribution >= 0.6 is 15.9 Å². The van der Waals surface area contributed by atoms with Crippen LogP contribution in [0.15, 0.2) is 35.1 Å². The van der Waals surface area contributed by atoms with Crippen molar-refractivity contribution in [2.24, 2.45) is 0 Å². The molecule has 0 bridgehead atoms. The van der Waals surface area contributed by atoms with Crippen LogP contribution in [0.4, 0.5) is 0 Å². The van der Waals surface area contributed by atoms with Crippen molar-refractivity contribution >= 4 is 15.9 Å². The van der Waals surface area contributed by atoms with Crippen LogP contribution in [0.2, 0.25) is 0 Å². The molecule has 0 fully saturated rings. The number of nitrogens with zero attached hydrogens (tertiary/aromatic N) is 3. The van der Waals surface area contributed by atoms with Crippen molar-refractivity contribution in [3.8, 4) is 0 Å². The normalized spacial score (nSPS) is 10.8. The first kappa shape index (κ1) is 12.2. The van der Waals surface area contributed by atoms with Gasteiger partial charge in [0.05, 0.1) is 5.69 Å². The van der Waals surface area contributed by atoms with Gasteiger partial charge in [-0.1, -0.05) is 19.9 Å². The third kappa shape index (κ3) is 3.33. The average molecular weight is 292 g/mol. The molecule has 0 radical (unpaired) electrons. The van der Waals surface area contributed by atoms with Gasteiger partial charge in [-0.3, -0.25) is 4.98 Å². The molecule has 0 saturated carbocycles. The lowest BCUT2D eigenvalue weighted by molar-refractivity contribution is 0.754. The molecule has 0 aromatic carbocycles. The second-order valence-corrected chi connectivity index (χ2v) is 5.01. The zero-order valence-corrected chi connectivity index (χ0v) is 11.5. The molecule has 88 valence electrons. The SMILES string of the molecule is CC(C)c1nc(Br)cc(Cc2ccccn2)n1. The van der Waals surface area contributed by atoms with E-state index in [1.165, 1.54) is 0 Å². The molecule has 4 heteroatoms. The molecule has 2 rings (SSSR count). The summed E-state index contributed by atoms with van der Waals surface area (Å²) in [5, 5.41) is 0. The summed E-state index contributed by atoms with van der Waals surface area (Å²) in [5.41, 5.74) is 2.02. The van der Waals surface area contributed by atoms with Gasteiger partial charge >= 0.3 is 0 Å². The van der Waals surface area contributed by atoms with Crippen molar-refractivity contribution < 1.29 is 0 Å². The Kier molecular flexibility index (Phi) is 3.84. The molecule has 2 heterocycles. The second-order valence-electron chi connectivity index (χ2n) is 4.19. The average Bonchev–Trinajstić information content (AvgIpc) is 2.29. The van der Waals surface area contributed by atoms with Gasteiger partial charge in [-0.05, 0) is 34.1 Å². The molecule has 0 aliphatic heterocycles. The molecule has 0 atom stereocenters. The predicted molar refractivity (Wildman–Crippen MR) is 70.9 cm³/mol. The number of aromatic nitrogens is 3. The van der Waals surface area contributed by atoms with Gasteiger partial charge in [-0.25, -0.2) is 9.97 Å². The van der Waals surface area contributed by atoms with E-state index in [1.54, 1.807) is 6.20 Å². The number of hydrogen-bond acceptors (Lipinski definition) is 3. The van der Waals surface area contributed by atoms with Crippen molar-refractivity contribution in [2.45, 2.75) is 26.2 Å². The van der Waals surface area contributed by atoms with Crippen molar-refractivity contribution in [1.29, 1.82) is 0 Å². The molecule has 0 spiro atoms. The van der Waals surface area contributed by atoms with Crippen LogP contribution < -0.4 is 0 Å². The summed E-state index contributed by atoms with van der Waals surface area (Å²) in [6.45, 7) is 4.18. The van der Waals surface area contributed by atoms with Gasteiger partial charge in [0.25, 0.3) is 0 Å². The lowest BCUT2D eigenvalue weighted by atomic mass is 10.2. The lowest BCUT2D eigenvalue weighted by Gasteiger charge is -2.07. The first-order valence-corrected chi connectivity index (χ1v) is 6.37. The van der Waals surface area contributed by atoms with Crippen LogP contribution in [-0.4, -0.2) is 15.0 Å². The van der Waals surface area contributed by atoms with Gasteiger partial charge in [-0.2, -0.15) is 0 Å². The summed E-state index contributed by atoms with van der Waals surface area (Å²) in [6, 6.07) is 7.85. The van der Waals surface area contributed by atoms with E-state index >= 15 is 0 Å². The Morgan fingerprint density at radius 2 is 2.00 bits per heavy atom. The lowest BCUT2D eigenvalue weighted by Crippen LogP contribution is -2.03. The fourth-order valence-electron chi connectivity index (χ4n) is 1.52. The Hall–Kier alpha value is -1.29. The molecule has 2 aromatic heterocycles. The first-order chi connectivity index (χ1) is 8.15. The van der Waals surface area contributed by atoms with Crippen molar-refractivity contribution in [3.63, 3.8) is 0 Å². The molecule has 17 heavy (non-hydrogen) atoms. The number of pyridine rings is 1. The highest BCUT2D eigenvalue weighted by molar-refractivity contribution is 9.10. The summed E-state index contributed by atoms with van der Waals surface area (Å²) in [7, 11) is 0. The predicted octanol–water partition coefficient (Wildman–Crippen LogP) is 3.35. The Morgan fingerprint density at radius 1 is 1.18 bits per heavy atom. The summed E-state index contributed by atoms with van der Waals surface area (Å²) in [5.74, 6) is 1.19. The fourth-order valence-corrected chi connectivity index (χ4v) is 1.97. The number of hydrogen-bond donors (Lipinski definition) is 0. The second kappa shape index (κ2) is 5.36. The third-order valence-corrected chi connectivity index (χ3v) is 2.78. The van der Waals surface area contributed by atoms with E-state index in [1.807, 2.05) is 24.3 Å². The molecule has 0 N–H and O–H groups in total. The maximum absolute atomic E-state index is 4.55. The summed E-state index contributed by atoms with van der Waals surface area (Å²) >= 11 is 3.42. The Labute approximate surface area is 109 Å². The third-order valence-electron chi connectivity index (χ3n) is 2.37. The highest BCUT2D eigenvalue weighted by Crippen LogP contribution is 2.16. The van der Waals surface area contributed by atoms with Gasteiger partial charge in [0.1, 0.15) is 10.4 Å². The molecule has 0 saturated heterocycles. The Bertz CT molecular complexity index is 497. The van der Waals surface area contributed by atoms with Crippen LogP contribution in [0.3, 0.4) is 0 Å². The topological polar surface area (TPSA) is 38.7 Å². The highest BCUT2D eigenvalue weighted by atomic mass is 79.9. The Balaban J connectivity index is 2.27.